The third-order valence-corrected chi connectivity index (χ3v) is 14.8. The molecule has 4 fully saturated rings. The number of rotatable bonds is 8. The van der Waals surface area contributed by atoms with Crippen LogP contribution in [0.2, 0.25) is 0 Å². The van der Waals surface area contributed by atoms with Crippen molar-refractivity contribution >= 4 is 23.8 Å². The summed E-state index contributed by atoms with van der Waals surface area (Å²) in [7, 11) is 1.40. The van der Waals surface area contributed by atoms with Gasteiger partial charge in [-0.3, -0.25) is 19.2 Å². The van der Waals surface area contributed by atoms with Gasteiger partial charge >= 0.3 is 17.9 Å². The average Bonchev–Trinajstić information content (AvgIpc) is 2.99. The van der Waals surface area contributed by atoms with Crippen molar-refractivity contribution in [3.63, 3.8) is 0 Å². The number of hydrogen-bond donors (Lipinski definition) is 1. The summed E-state index contributed by atoms with van der Waals surface area (Å²) in [6, 6.07) is 0. The van der Waals surface area contributed by atoms with Crippen LogP contribution in [0.1, 0.15) is 132 Å². The molecule has 8 heteroatoms. The van der Waals surface area contributed by atoms with Crippen LogP contribution in [0.5, 0.6) is 0 Å². The lowest BCUT2D eigenvalue weighted by molar-refractivity contribution is -0.226. The Kier molecular flexibility index (Phi) is 9.55. The molecule has 0 bridgehead atoms. The molecule has 1 N–H and O–H groups in total. The Morgan fingerprint density at radius 1 is 0.872 bits per heavy atom. The molecule has 0 saturated heterocycles. The minimum Gasteiger partial charge on any atom is -0.469 e. The topological polar surface area (TPSA) is 108 Å². The van der Waals surface area contributed by atoms with Crippen molar-refractivity contribution < 1.29 is 33.4 Å². The fourth-order valence-corrected chi connectivity index (χ4v) is 12.0. The third-order valence-electron chi connectivity index (χ3n) is 14.8. The summed E-state index contributed by atoms with van der Waals surface area (Å²) in [5.74, 6) is 0.214. The van der Waals surface area contributed by atoms with Crippen molar-refractivity contribution in [2.24, 2.45) is 50.2 Å². The molecule has 0 heterocycles. The minimum atomic E-state index is -0.461. The van der Waals surface area contributed by atoms with Gasteiger partial charge in [0.25, 0.3) is 0 Å². The van der Waals surface area contributed by atoms with Crippen molar-refractivity contribution in [3.8, 4) is 0 Å². The summed E-state index contributed by atoms with van der Waals surface area (Å²) < 4.78 is 16.5. The Labute approximate surface area is 282 Å². The van der Waals surface area contributed by atoms with Crippen molar-refractivity contribution in [1.82, 2.24) is 5.32 Å². The standard InChI is InChI=1S/C39H61NO7/c1-25(41)46-24-36(6)29-14-17-38(8)30(35(29,5)16-15-31(36)47-26(2)42)13-12-27-28-23-34(3,4)18-20-39(28,21-19-37(27,38)7)33(44)40-22-10-11-32(43)45-9/h12,28-31H,10-11,13-24H2,1-9H3,(H,40,44)/t28-,29?,30-,31+,35+,36-,37-,38-,39+/m1/s1. The number of amides is 1. The van der Waals surface area contributed by atoms with Crippen molar-refractivity contribution in [1.29, 1.82) is 0 Å². The molecule has 4 saturated carbocycles. The van der Waals surface area contributed by atoms with Gasteiger partial charge in [-0.2, -0.15) is 0 Å². The summed E-state index contributed by atoms with van der Waals surface area (Å²) in [6.45, 7) is 18.1. The Balaban J connectivity index is 1.48. The van der Waals surface area contributed by atoms with E-state index in [0.717, 1.165) is 64.2 Å². The Morgan fingerprint density at radius 2 is 1.57 bits per heavy atom. The van der Waals surface area contributed by atoms with Gasteiger partial charge < -0.3 is 19.5 Å². The maximum atomic E-state index is 14.2. The van der Waals surface area contributed by atoms with E-state index < -0.39 is 10.8 Å². The van der Waals surface area contributed by atoms with E-state index in [2.05, 4.69) is 52.9 Å². The molecule has 0 aromatic heterocycles. The van der Waals surface area contributed by atoms with Gasteiger partial charge in [0.1, 0.15) is 12.7 Å². The summed E-state index contributed by atoms with van der Waals surface area (Å²) in [6.07, 6.45) is 12.7. The van der Waals surface area contributed by atoms with Crippen LogP contribution >= 0.6 is 0 Å². The number of fused-ring (bicyclic) bond motifs is 7. The van der Waals surface area contributed by atoms with Crippen LogP contribution in [0.3, 0.4) is 0 Å². The highest BCUT2D eigenvalue weighted by atomic mass is 16.6. The average molecular weight is 656 g/mol. The van der Waals surface area contributed by atoms with E-state index in [9.17, 15) is 19.2 Å². The molecular weight excluding hydrogens is 594 g/mol. The molecule has 1 amide bonds. The first-order chi connectivity index (χ1) is 21.9. The molecule has 5 aliphatic carbocycles. The van der Waals surface area contributed by atoms with Gasteiger partial charge in [0.05, 0.1) is 12.5 Å². The van der Waals surface area contributed by atoms with E-state index >= 15 is 0 Å². The van der Waals surface area contributed by atoms with Crippen LogP contribution in [0.25, 0.3) is 0 Å². The number of carbonyl (C=O) groups is 4. The van der Waals surface area contributed by atoms with E-state index in [1.807, 2.05) is 0 Å². The highest BCUT2D eigenvalue weighted by Crippen LogP contribution is 2.76. The number of methoxy groups -OCH3 is 1. The molecule has 0 aromatic carbocycles. The maximum absolute atomic E-state index is 14.2. The molecule has 264 valence electrons. The summed E-state index contributed by atoms with van der Waals surface area (Å²) >= 11 is 0. The second-order valence-electron chi connectivity index (χ2n) is 17.7. The predicted octanol–water partition coefficient (Wildman–Crippen LogP) is 7.33. The number of hydrogen-bond acceptors (Lipinski definition) is 7. The van der Waals surface area contributed by atoms with Crippen LogP contribution in [0, 0.1) is 50.2 Å². The van der Waals surface area contributed by atoms with Gasteiger partial charge in [-0.15, -0.1) is 0 Å². The SMILES string of the molecule is COC(=O)CCCNC(=O)[C@]12CCC(C)(C)C[C@@H]1C1=CC[C@@H]3[C@@]4(C)CC[C@H](OC(C)=O)[C@](C)(COC(C)=O)C4CC[C@@]3(C)[C@]1(C)CC2. The van der Waals surface area contributed by atoms with Gasteiger partial charge in [0.2, 0.25) is 5.91 Å². The fourth-order valence-electron chi connectivity index (χ4n) is 12.0. The fraction of sp³-hybridized carbons (Fsp3) is 0.846. The largest absolute Gasteiger partial charge is 0.469 e. The monoisotopic (exact) mass is 655 g/mol. The van der Waals surface area contributed by atoms with E-state index in [1.165, 1.54) is 26.5 Å². The molecule has 0 spiro atoms. The lowest BCUT2D eigenvalue weighted by atomic mass is 9.33. The summed E-state index contributed by atoms with van der Waals surface area (Å²) in [5.41, 5.74) is 0.797. The van der Waals surface area contributed by atoms with Crippen molar-refractivity contribution in [2.45, 2.75) is 139 Å². The van der Waals surface area contributed by atoms with Gasteiger partial charge in [0, 0.05) is 32.2 Å². The first-order valence-corrected chi connectivity index (χ1v) is 18.2. The second kappa shape index (κ2) is 12.5. The summed E-state index contributed by atoms with van der Waals surface area (Å²) in [4.78, 5) is 50.2. The molecule has 0 aliphatic heterocycles. The molecule has 0 aromatic rings. The molecule has 0 radical (unpaired) electrons. The van der Waals surface area contributed by atoms with E-state index in [4.69, 9.17) is 14.2 Å². The first kappa shape index (κ1) is 35.9. The third kappa shape index (κ3) is 5.85. The highest BCUT2D eigenvalue weighted by Gasteiger charge is 2.70. The maximum Gasteiger partial charge on any atom is 0.305 e. The van der Waals surface area contributed by atoms with Crippen molar-refractivity contribution in [2.75, 3.05) is 20.3 Å². The van der Waals surface area contributed by atoms with Crippen LogP contribution in [0.4, 0.5) is 0 Å². The zero-order valence-electron chi connectivity index (χ0n) is 30.6. The zero-order valence-corrected chi connectivity index (χ0v) is 30.6. The first-order valence-electron chi connectivity index (χ1n) is 18.2. The van der Waals surface area contributed by atoms with Crippen LogP contribution in [-0.4, -0.2) is 50.2 Å². The Hall–Kier alpha value is -2.38. The number of nitrogens with one attached hydrogen (secondary N) is 1. The van der Waals surface area contributed by atoms with E-state index in [0.29, 0.717) is 25.3 Å². The predicted molar refractivity (Wildman–Crippen MR) is 180 cm³/mol. The van der Waals surface area contributed by atoms with Gasteiger partial charge in [-0.25, -0.2) is 0 Å². The number of carbonyl (C=O) groups excluding carboxylic acids is 4. The Bertz CT molecular complexity index is 1310. The molecule has 9 atom stereocenters. The number of ether oxygens (including phenoxy) is 3. The lowest BCUT2D eigenvalue weighted by Crippen LogP contribution is -2.66. The molecule has 5 rings (SSSR count). The molecule has 5 aliphatic rings. The molecule has 8 nitrogen and oxygen atoms in total. The number of allylic oxidation sites excluding steroid dienone is 2. The quantitative estimate of drug-likeness (QED) is 0.126. The van der Waals surface area contributed by atoms with Crippen LogP contribution in [0.15, 0.2) is 11.6 Å². The second-order valence-corrected chi connectivity index (χ2v) is 17.7. The van der Waals surface area contributed by atoms with Crippen LogP contribution < -0.4 is 5.32 Å². The number of esters is 3. The van der Waals surface area contributed by atoms with E-state index in [-0.39, 0.29) is 70.0 Å². The zero-order chi connectivity index (χ0) is 34.6. The van der Waals surface area contributed by atoms with Crippen LogP contribution in [-0.2, 0) is 33.4 Å². The van der Waals surface area contributed by atoms with Gasteiger partial charge in [0.15, 0.2) is 0 Å². The lowest BCUT2D eigenvalue weighted by Gasteiger charge is -2.71. The molecule has 47 heavy (non-hydrogen) atoms. The molecular formula is C39H61NO7. The van der Waals surface area contributed by atoms with Gasteiger partial charge in [-0.1, -0.05) is 53.2 Å². The minimum absolute atomic E-state index is 0.0129. The highest BCUT2D eigenvalue weighted by molar-refractivity contribution is 5.84. The van der Waals surface area contributed by atoms with E-state index in [1.54, 1.807) is 0 Å². The normalized spacial score (nSPS) is 41.9. The summed E-state index contributed by atoms with van der Waals surface area (Å²) in [5, 5.41) is 3.27. The Morgan fingerprint density at radius 3 is 2.23 bits per heavy atom. The van der Waals surface area contributed by atoms with Crippen molar-refractivity contribution in [3.05, 3.63) is 11.6 Å². The smallest absolute Gasteiger partial charge is 0.305 e. The van der Waals surface area contributed by atoms with Gasteiger partial charge in [-0.05, 0) is 110 Å². The molecule has 1 unspecified atom stereocenters.